The van der Waals surface area contributed by atoms with E-state index in [9.17, 15) is 17.6 Å². The lowest BCUT2D eigenvalue weighted by Crippen LogP contribution is -2.12. The molecule has 34 heavy (non-hydrogen) atoms. The van der Waals surface area contributed by atoms with Gasteiger partial charge in [0.15, 0.2) is 0 Å². The molecule has 10 heteroatoms. The Labute approximate surface area is 200 Å². The summed E-state index contributed by atoms with van der Waals surface area (Å²) >= 11 is 0.856. The molecule has 1 amide bonds. The molecule has 4 aromatic rings. The quantitative estimate of drug-likeness (QED) is 0.371. The van der Waals surface area contributed by atoms with Crippen molar-refractivity contribution in [2.75, 3.05) is 5.32 Å². The van der Waals surface area contributed by atoms with Gasteiger partial charge in [0.05, 0.1) is 5.75 Å². The number of aromatic nitrogens is 2. The van der Waals surface area contributed by atoms with Crippen LogP contribution in [0.4, 0.5) is 10.1 Å². The highest BCUT2D eigenvalue weighted by atomic mass is 32.2. The third kappa shape index (κ3) is 5.46. The second kappa shape index (κ2) is 9.70. The first-order valence-corrected chi connectivity index (χ1v) is 12.6. The number of ether oxygens (including phenoxy) is 1. The lowest BCUT2D eigenvalue weighted by Gasteiger charge is -2.07. The molecule has 0 bridgehead atoms. The van der Waals surface area contributed by atoms with Gasteiger partial charge in [-0.3, -0.25) is 4.79 Å². The minimum atomic E-state index is -3.76. The molecule has 0 saturated carbocycles. The van der Waals surface area contributed by atoms with Crippen molar-refractivity contribution in [3.8, 4) is 10.9 Å². The van der Waals surface area contributed by atoms with Crippen LogP contribution in [0.3, 0.4) is 0 Å². The molecule has 0 radical (unpaired) electrons. The molecule has 0 saturated heterocycles. The maximum Gasteiger partial charge on any atom is 0.300 e. The monoisotopic (exact) mass is 497 g/mol. The van der Waals surface area contributed by atoms with E-state index in [0.29, 0.717) is 22.6 Å². The number of nitrogens with zero attached hydrogens (tertiary/aromatic N) is 2. The summed E-state index contributed by atoms with van der Waals surface area (Å²) in [5, 5.41) is 10.5. The number of anilines is 1. The van der Waals surface area contributed by atoms with E-state index in [2.05, 4.69) is 15.5 Å². The summed E-state index contributed by atoms with van der Waals surface area (Å²) in [6.45, 7) is 3.86. The summed E-state index contributed by atoms with van der Waals surface area (Å²) in [5.74, 6) is -0.499. The summed E-state index contributed by atoms with van der Waals surface area (Å²) in [6.07, 6.45) is 0. The summed E-state index contributed by atoms with van der Waals surface area (Å²) < 4.78 is 44.2. The molecular formula is C24H20FN3O4S2. The molecular weight excluding hydrogens is 477 g/mol. The molecule has 1 aromatic heterocycles. The SMILES string of the molecule is Cc1cccc(Oc2nnc(S(=O)(=O)Cc3ccc(C(=O)Nc4ccc(F)cc4)cc3)s2)c1C. The van der Waals surface area contributed by atoms with Crippen LogP contribution in [-0.4, -0.2) is 24.5 Å². The van der Waals surface area contributed by atoms with Gasteiger partial charge in [-0.15, -0.1) is 5.10 Å². The largest absolute Gasteiger partial charge is 0.429 e. The third-order valence-electron chi connectivity index (χ3n) is 5.08. The van der Waals surface area contributed by atoms with Crippen LogP contribution >= 0.6 is 11.3 Å². The molecule has 0 aliphatic heterocycles. The summed E-state index contributed by atoms with van der Waals surface area (Å²) in [4.78, 5) is 12.4. The highest BCUT2D eigenvalue weighted by molar-refractivity contribution is 7.92. The maximum absolute atomic E-state index is 13.0. The Bertz CT molecular complexity index is 1430. The van der Waals surface area contributed by atoms with Gasteiger partial charge in [-0.1, -0.05) is 29.4 Å². The van der Waals surface area contributed by atoms with E-state index in [4.69, 9.17) is 4.74 Å². The molecule has 3 aromatic carbocycles. The summed E-state index contributed by atoms with van der Waals surface area (Å²) in [7, 11) is -3.76. The van der Waals surface area contributed by atoms with Gasteiger partial charge in [-0.25, -0.2) is 12.8 Å². The summed E-state index contributed by atoms with van der Waals surface area (Å²) in [6, 6.07) is 17.2. The number of hydrogen-bond acceptors (Lipinski definition) is 7. The average molecular weight is 498 g/mol. The normalized spacial score (nSPS) is 11.3. The van der Waals surface area contributed by atoms with E-state index < -0.39 is 21.6 Å². The third-order valence-corrected chi connectivity index (χ3v) is 8.02. The first-order chi connectivity index (χ1) is 16.2. The van der Waals surface area contributed by atoms with Crippen LogP contribution in [0.25, 0.3) is 0 Å². The van der Waals surface area contributed by atoms with Crippen LogP contribution in [0, 0.1) is 19.7 Å². The second-order valence-electron chi connectivity index (χ2n) is 7.55. The Hall–Kier alpha value is -3.63. The van der Waals surface area contributed by atoms with E-state index in [1.165, 1.54) is 36.4 Å². The van der Waals surface area contributed by atoms with Crippen molar-refractivity contribution in [3.05, 3.63) is 94.8 Å². The van der Waals surface area contributed by atoms with Gasteiger partial charge < -0.3 is 10.1 Å². The number of amides is 1. The summed E-state index contributed by atoms with van der Waals surface area (Å²) in [5.41, 5.74) is 3.26. The lowest BCUT2D eigenvalue weighted by molar-refractivity contribution is 0.102. The van der Waals surface area contributed by atoms with E-state index in [1.54, 1.807) is 18.2 Å². The van der Waals surface area contributed by atoms with Crippen LogP contribution in [0.1, 0.15) is 27.0 Å². The van der Waals surface area contributed by atoms with Gasteiger partial charge >= 0.3 is 5.19 Å². The number of carbonyl (C=O) groups is 1. The zero-order valence-electron chi connectivity index (χ0n) is 18.3. The molecule has 0 fully saturated rings. The first kappa shape index (κ1) is 23.5. The van der Waals surface area contributed by atoms with E-state index in [-0.39, 0.29) is 15.3 Å². The van der Waals surface area contributed by atoms with Gasteiger partial charge in [0.1, 0.15) is 11.6 Å². The van der Waals surface area contributed by atoms with Crippen LogP contribution in [0.5, 0.6) is 10.9 Å². The lowest BCUT2D eigenvalue weighted by atomic mass is 10.1. The topological polar surface area (TPSA) is 98.2 Å². The molecule has 0 atom stereocenters. The fourth-order valence-electron chi connectivity index (χ4n) is 3.06. The van der Waals surface area contributed by atoms with Crippen molar-refractivity contribution < 1.29 is 22.3 Å². The number of benzene rings is 3. The van der Waals surface area contributed by atoms with Crippen molar-refractivity contribution in [1.82, 2.24) is 10.2 Å². The molecule has 1 heterocycles. The van der Waals surface area contributed by atoms with Gasteiger partial charge in [0.25, 0.3) is 5.91 Å². The van der Waals surface area contributed by atoms with Crippen LogP contribution < -0.4 is 10.1 Å². The molecule has 0 unspecified atom stereocenters. The zero-order chi connectivity index (χ0) is 24.3. The Morgan fingerprint density at radius 3 is 2.41 bits per heavy atom. The maximum atomic E-state index is 13.0. The molecule has 4 rings (SSSR count). The van der Waals surface area contributed by atoms with Crippen molar-refractivity contribution in [1.29, 1.82) is 0 Å². The number of rotatable bonds is 7. The van der Waals surface area contributed by atoms with Crippen molar-refractivity contribution in [3.63, 3.8) is 0 Å². The van der Waals surface area contributed by atoms with Crippen molar-refractivity contribution >= 4 is 32.8 Å². The van der Waals surface area contributed by atoms with Crippen molar-refractivity contribution in [2.24, 2.45) is 0 Å². The van der Waals surface area contributed by atoms with Crippen LogP contribution in [0.2, 0.25) is 0 Å². The fourth-order valence-corrected chi connectivity index (χ4v) is 5.33. The smallest absolute Gasteiger partial charge is 0.300 e. The molecule has 1 N–H and O–H groups in total. The van der Waals surface area contributed by atoms with E-state index in [0.717, 1.165) is 22.5 Å². The predicted molar refractivity (Wildman–Crippen MR) is 128 cm³/mol. The number of carbonyl (C=O) groups excluding carboxylic acids is 1. The van der Waals surface area contributed by atoms with Gasteiger partial charge in [0.2, 0.25) is 14.2 Å². The van der Waals surface area contributed by atoms with Gasteiger partial charge in [-0.2, -0.15) is 0 Å². The molecule has 0 aliphatic rings. The Balaban J connectivity index is 1.42. The van der Waals surface area contributed by atoms with Crippen LogP contribution in [0.15, 0.2) is 71.1 Å². The highest BCUT2D eigenvalue weighted by Crippen LogP contribution is 2.31. The molecule has 0 aliphatic carbocycles. The zero-order valence-corrected chi connectivity index (χ0v) is 19.9. The Kier molecular flexibility index (Phi) is 6.71. The van der Waals surface area contributed by atoms with Crippen LogP contribution in [-0.2, 0) is 15.6 Å². The first-order valence-electron chi connectivity index (χ1n) is 10.2. The van der Waals surface area contributed by atoms with Gasteiger partial charge in [0, 0.05) is 11.3 Å². The molecule has 174 valence electrons. The van der Waals surface area contributed by atoms with Gasteiger partial charge in [-0.05, 0) is 84.3 Å². The number of aryl methyl sites for hydroxylation is 1. The Morgan fingerprint density at radius 1 is 1.00 bits per heavy atom. The standard InChI is InChI=1S/C24H20FN3O4S2/c1-15-4-3-5-21(16(15)2)32-23-27-28-24(33-23)34(30,31)14-17-6-8-18(9-7-17)22(29)26-20-12-10-19(25)11-13-20/h3-13H,14H2,1-2H3,(H,26,29). The Morgan fingerprint density at radius 2 is 1.71 bits per heavy atom. The number of sulfone groups is 1. The minimum Gasteiger partial charge on any atom is -0.429 e. The molecule has 7 nitrogen and oxygen atoms in total. The highest BCUT2D eigenvalue weighted by Gasteiger charge is 2.22. The van der Waals surface area contributed by atoms with E-state index >= 15 is 0 Å². The molecule has 0 spiro atoms. The predicted octanol–water partition coefficient (Wildman–Crippen LogP) is 5.31. The number of hydrogen-bond donors (Lipinski definition) is 1. The number of halogens is 1. The number of nitrogens with one attached hydrogen (secondary N) is 1. The van der Waals surface area contributed by atoms with Crippen molar-refractivity contribution in [2.45, 2.75) is 23.9 Å². The second-order valence-corrected chi connectivity index (χ2v) is 10.7. The average Bonchev–Trinajstić information content (AvgIpc) is 3.28. The fraction of sp³-hybridized carbons (Fsp3) is 0.125. The van der Waals surface area contributed by atoms with E-state index in [1.807, 2.05) is 26.0 Å². The minimum absolute atomic E-state index is 0.139.